The molecular formula is C47H52F2N6O11S2. The lowest BCUT2D eigenvalue weighted by molar-refractivity contribution is -0.146. The van der Waals surface area contributed by atoms with Crippen LogP contribution in [0.3, 0.4) is 0 Å². The molecule has 2 aliphatic rings. The van der Waals surface area contributed by atoms with Crippen LogP contribution in [-0.4, -0.2) is 98.2 Å². The summed E-state index contributed by atoms with van der Waals surface area (Å²) in [6.07, 6.45) is 4.01. The maximum absolute atomic E-state index is 15.0. The molecule has 0 bridgehead atoms. The van der Waals surface area contributed by atoms with Gasteiger partial charge in [0.15, 0.2) is 17.2 Å². The summed E-state index contributed by atoms with van der Waals surface area (Å²) in [5, 5.41) is 16.3. The molecule has 21 heteroatoms. The van der Waals surface area contributed by atoms with Crippen molar-refractivity contribution in [1.29, 1.82) is 0 Å². The molecule has 0 aliphatic heterocycles. The van der Waals surface area contributed by atoms with Crippen molar-refractivity contribution in [3.8, 4) is 23.0 Å². The molecule has 0 atom stereocenters. The van der Waals surface area contributed by atoms with E-state index in [2.05, 4.69) is 10.2 Å². The second-order valence-corrected chi connectivity index (χ2v) is 20.0. The van der Waals surface area contributed by atoms with Crippen molar-refractivity contribution in [3.63, 3.8) is 0 Å². The second-order valence-electron chi connectivity index (χ2n) is 16.3. The van der Waals surface area contributed by atoms with Gasteiger partial charge in [-0.15, -0.1) is 0 Å². The first-order chi connectivity index (χ1) is 32.5. The molecule has 0 amide bonds. The number of esters is 1. The largest absolute Gasteiger partial charge is 0.497 e. The number of sulfonamides is 2. The standard InChI is InChI=1S/C24H26FN3O6S.C23H26FN3O5S/c1-32-19-8-4-17(5-9-19)14-27(15-18-6-10-20(33-2)11-7-18)35(30,31)22-21(25)16-28(26-22)24(12-13-24)23(29)34-3;1-31-19-7-3-17(4-8-19)13-26(14-18-5-9-20(32-2)10-6-18)33(29,30)22-21(24)15-27(25-22)23(16-28)11-12-23/h4-11,16H,12-15H2,1-3H3;3-10,15,28H,11-14,16H2,1-2H3. The van der Waals surface area contributed by atoms with E-state index < -0.39 is 58.8 Å². The Morgan fingerprint density at radius 3 is 1.13 bits per heavy atom. The Bertz CT molecular complexity index is 2810. The topological polar surface area (TPSA) is 194 Å². The number of carbonyl (C=O) groups is 1. The van der Waals surface area contributed by atoms with Crippen molar-refractivity contribution < 1.29 is 59.2 Å². The highest BCUT2D eigenvalue weighted by atomic mass is 32.2. The van der Waals surface area contributed by atoms with Gasteiger partial charge in [-0.1, -0.05) is 48.5 Å². The Morgan fingerprint density at radius 1 is 0.559 bits per heavy atom. The van der Waals surface area contributed by atoms with Crippen LogP contribution in [0.25, 0.3) is 0 Å². The molecule has 2 heterocycles. The zero-order valence-corrected chi connectivity index (χ0v) is 39.7. The molecule has 0 radical (unpaired) electrons. The number of benzene rings is 4. The van der Waals surface area contributed by atoms with Crippen molar-refractivity contribution in [1.82, 2.24) is 28.2 Å². The summed E-state index contributed by atoms with van der Waals surface area (Å²) in [5.74, 6) is -0.0176. The van der Waals surface area contributed by atoms with Gasteiger partial charge in [-0.25, -0.2) is 30.4 Å². The van der Waals surface area contributed by atoms with Gasteiger partial charge in [0.05, 0.1) is 60.1 Å². The van der Waals surface area contributed by atoms with E-state index in [1.165, 1.54) is 30.3 Å². The van der Waals surface area contributed by atoms with Crippen LogP contribution in [0.5, 0.6) is 23.0 Å². The molecule has 0 saturated heterocycles. The van der Waals surface area contributed by atoms with Crippen LogP contribution in [-0.2, 0) is 66.8 Å². The summed E-state index contributed by atoms with van der Waals surface area (Å²) >= 11 is 0. The first-order valence-electron chi connectivity index (χ1n) is 21.3. The van der Waals surface area contributed by atoms with Crippen LogP contribution < -0.4 is 18.9 Å². The van der Waals surface area contributed by atoms with Gasteiger partial charge in [0.2, 0.25) is 10.1 Å². The number of ether oxygens (including phenoxy) is 5. The lowest BCUT2D eigenvalue weighted by atomic mass is 10.2. The Balaban J connectivity index is 0.000000202. The summed E-state index contributed by atoms with van der Waals surface area (Å²) in [6, 6.07) is 27.8. The molecule has 0 spiro atoms. The first kappa shape index (κ1) is 49.5. The van der Waals surface area contributed by atoms with E-state index >= 15 is 0 Å². The van der Waals surface area contributed by atoms with Crippen LogP contribution in [0, 0.1) is 11.6 Å². The minimum absolute atomic E-state index is 0.00972. The Kier molecular flexibility index (Phi) is 14.9. The van der Waals surface area contributed by atoms with Gasteiger partial charge < -0.3 is 28.8 Å². The number of hydrogen-bond donors (Lipinski definition) is 1. The Hall–Kier alpha value is -6.39. The van der Waals surface area contributed by atoms with Gasteiger partial charge in [-0.2, -0.15) is 18.8 Å². The molecule has 17 nitrogen and oxygen atoms in total. The Labute approximate surface area is 393 Å². The minimum atomic E-state index is -4.39. The first-order valence-corrected chi connectivity index (χ1v) is 24.2. The molecule has 2 aliphatic carbocycles. The molecular weight excluding hydrogens is 927 g/mol. The highest BCUT2D eigenvalue weighted by Gasteiger charge is 2.55. The van der Waals surface area contributed by atoms with Crippen LogP contribution in [0.4, 0.5) is 8.78 Å². The third kappa shape index (κ3) is 10.7. The molecule has 2 fully saturated rings. The predicted molar refractivity (Wildman–Crippen MR) is 243 cm³/mol. The molecule has 2 saturated carbocycles. The van der Waals surface area contributed by atoms with Crippen molar-refractivity contribution >= 4 is 26.0 Å². The Morgan fingerprint density at radius 2 is 0.868 bits per heavy atom. The van der Waals surface area contributed by atoms with E-state index in [0.717, 1.165) is 21.4 Å². The summed E-state index contributed by atoms with van der Waals surface area (Å²) < 4.78 is 114. The fraction of sp³-hybridized carbons (Fsp3) is 0.340. The zero-order chi connectivity index (χ0) is 48.9. The van der Waals surface area contributed by atoms with Gasteiger partial charge in [0, 0.05) is 26.2 Å². The van der Waals surface area contributed by atoms with Gasteiger partial charge in [0.1, 0.15) is 23.0 Å². The monoisotopic (exact) mass is 978 g/mol. The number of halogens is 2. The van der Waals surface area contributed by atoms with Crippen LogP contribution in [0.1, 0.15) is 47.9 Å². The summed E-state index contributed by atoms with van der Waals surface area (Å²) in [6.45, 7) is -0.278. The molecule has 68 heavy (non-hydrogen) atoms. The molecule has 8 rings (SSSR count). The summed E-state index contributed by atoms with van der Waals surface area (Å²) in [4.78, 5) is 12.2. The number of aliphatic hydroxyl groups is 1. The number of nitrogens with zero attached hydrogens (tertiary/aromatic N) is 6. The number of aromatic nitrogens is 4. The van der Waals surface area contributed by atoms with Crippen molar-refractivity contribution in [2.75, 3.05) is 42.2 Å². The van der Waals surface area contributed by atoms with Crippen molar-refractivity contribution in [3.05, 3.63) is 143 Å². The fourth-order valence-electron chi connectivity index (χ4n) is 7.36. The van der Waals surface area contributed by atoms with Crippen LogP contribution in [0.15, 0.2) is 120 Å². The summed E-state index contributed by atoms with van der Waals surface area (Å²) in [5.41, 5.74) is 0.890. The maximum Gasteiger partial charge on any atom is 0.333 e. The molecule has 362 valence electrons. The smallest absolute Gasteiger partial charge is 0.333 e. The van der Waals surface area contributed by atoms with Gasteiger partial charge >= 0.3 is 5.97 Å². The highest BCUT2D eigenvalue weighted by molar-refractivity contribution is 7.89. The van der Waals surface area contributed by atoms with Gasteiger partial charge in [0.25, 0.3) is 20.0 Å². The predicted octanol–water partition coefficient (Wildman–Crippen LogP) is 6.00. The average Bonchev–Trinajstić information content (AvgIpc) is 4.27. The molecule has 0 unspecified atom stereocenters. The van der Waals surface area contributed by atoms with E-state index in [0.29, 0.717) is 70.9 Å². The molecule has 1 N–H and O–H groups in total. The van der Waals surface area contributed by atoms with E-state index in [-0.39, 0.29) is 32.8 Å². The number of aliphatic hydroxyl groups excluding tert-OH is 1. The quantitative estimate of drug-likeness (QED) is 0.0876. The minimum Gasteiger partial charge on any atom is -0.497 e. The van der Waals surface area contributed by atoms with Gasteiger partial charge in [-0.3, -0.25) is 9.36 Å². The average molecular weight is 979 g/mol. The summed E-state index contributed by atoms with van der Waals surface area (Å²) in [7, 11) is -1.29. The third-order valence-electron chi connectivity index (χ3n) is 11.9. The van der Waals surface area contributed by atoms with Crippen LogP contribution >= 0.6 is 0 Å². The fourth-order valence-corrected chi connectivity index (χ4v) is 10.1. The SMILES string of the molecule is COC(=O)C1(n2cc(F)c(S(=O)(=O)N(Cc3ccc(OC)cc3)Cc3ccc(OC)cc3)n2)CC1.COc1ccc(CN(Cc2ccc(OC)cc2)S(=O)(=O)c2nn(C3(CO)CC3)cc2F)cc1. The van der Waals surface area contributed by atoms with E-state index in [4.69, 9.17) is 23.7 Å². The molecule has 4 aromatic carbocycles. The van der Waals surface area contributed by atoms with E-state index in [1.54, 1.807) is 111 Å². The number of methoxy groups -OCH3 is 5. The zero-order valence-electron chi connectivity index (χ0n) is 38.0. The molecule has 6 aromatic rings. The number of rotatable bonds is 20. The second kappa shape index (κ2) is 20.5. The number of hydrogen-bond acceptors (Lipinski definition) is 13. The normalized spacial score (nSPS) is 14.7. The molecule has 2 aromatic heterocycles. The van der Waals surface area contributed by atoms with Gasteiger partial charge in [-0.05, 0) is 96.5 Å². The van der Waals surface area contributed by atoms with E-state index in [9.17, 15) is 35.5 Å². The van der Waals surface area contributed by atoms with E-state index in [1.807, 2.05) is 0 Å². The highest BCUT2D eigenvalue weighted by Crippen LogP contribution is 2.45. The lowest BCUT2D eigenvalue weighted by Gasteiger charge is -2.22. The van der Waals surface area contributed by atoms with Crippen LogP contribution in [0.2, 0.25) is 0 Å². The maximum atomic E-state index is 15.0. The number of carbonyl (C=O) groups excluding carboxylic acids is 1. The lowest BCUT2D eigenvalue weighted by Crippen LogP contribution is -2.32. The third-order valence-corrected chi connectivity index (χ3v) is 15.3. The van der Waals surface area contributed by atoms with Crippen molar-refractivity contribution in [2.24, 2.45) is 0 Å². The van der Waals surface area contributed by atoms with Crippen molar-refractivity contribution in [2.45, 2.75) is 73.0 Å².